The average molecular weight is 231 g/mol. The van der Waals surface area contributed by atoms with Crippen LogP contribution in [0.25, 0.3) is 0 Å². The van der Waals surface area contributed by atoms with Crippen LogP contribution in [-0.2, 0) is 0 Å². The number of hydrogen-bond acceptors (Lipinski definition) is 4. The number of nitrogens with two attached hydrogens (primary N) is 1. The Hall–Kier alpha value is -1.76. The van der Waals surface area contributed by atoms with E-state index in [4.69, 9.17) is 10.8 Å². The molecule has 5 nitrogen and oxygen atoms in total. The fourth-order valence-corrected chi connectivity index (χ4v) is 0.978. The molecule has 0 radical (unpaired) electrons. The molecule has 0 bridgehead atoms. The highest BCUT2D eigenvalue weighted by Crippen LogP contribution is 2.06. The molecule has 0 aliphatic rings. The van der Waals surface area contributed by atoms with Crippen molar-refractivity contribution in [3.8, 4) is 0 Å². The third kappa shape index (κ3) is 3.13. The van der Waals surface area contributed by atoms with Crippen LogP contribution in [0, 0.1) is 0 Å². The van der Waals surface area contributed by atoms with Crippen LogP contribution < -0.4 is 11.1 Å². The van der Waals surface area contributed by atoms with Gasteiger partial charge in [-0.3, -0.25) is 4.79 Å². The fourth-order valence-electron chi connectivity index (χ4n) is 0.978. The van der Waals surface area contributed by atoms with Gasteiger partial charge in [-0.25, -0.2) is 13.8 Å². The second kappa shape index (κ2) is 5.36. The largest absolute Gasteiger partial charge is 0.397 e. The number of halogens is 2. The van der Waals surface area contributed by atoms with Gasteiger partial charge in [0, 0.05) is 12.7 Å². The maximum absolute atomic E-state index is 11.9. The Kier molecular flexibility index (Phi) is 4.12. The number of carbonyl (C=O) groups is 1. The van der Waals surface area contributed by atoms with Crippen LogP contribution in [0.5, 0.6) is 0 Å². The number of nitrogen functional groups attached to an aromatic ring is 1. The summed E-state index contributed by atoms with van der Waals surface area (Å²) in [7, 11) is 0. The van der Waals surface area contributed by atoms with Gasteiger partial charge in [0.2, 0.25) is 0 Å². The van der Waals surface area contributed by atoms with Crippen LogP contribution in [-0.4, -0.2) is 35.1 Å². The predicted molar refractivity (Wildman–Crippen MR) is 53.0 cm³/mol. The van der Waals surface area contributed by atoms with Crippen molar-refractivity contribution in [1.82, 2.24) is 10.3 Å². The van der Waals surface area contributed by atoms with Crippen LogP contribution in [0.1, 0.15) is 10.5 Å². The molecule has 0 aliphatic heterocycles. The number of rotatable bonds is 4. The molecule has 7 heteroatoms. The molecule has 1 aromatic heterocycles. The molecule has 1 heterocycles. The van der Waals surface area contributed by atoms with Crippen LogP contribution in [0.3, 0.4) is 0 Å². The zero-order valence-electron chi connectivity index (χ0n) is 8.23. The van der Waals surface area contributed by atoms with E-state index in [0.717, 1.165) is 0 Å². The van der Waals surface area contributed by atoms with Crippen LogP contribution in [0.2, 0.25) is 0 Å². The first-order valence-electron chi connectivity index (χ1n) is 4.47. The van der Waals surface area contributed by atoms with Gasteiger partial charge in [0.1, 0.15) is 6.10 Å². The summed E-state index contributed by atoms with van der Waals surface area (Å²) in [5, 5.41) is 10.9. The van der Waals surface area contributed by atoms with Crippen molar-refractivity contribution in [1.29, 1.82) is 0 Å². The fraction of sp³-hybridized carbons (Fsp3) is 0.333. The number of alkyl halides is 2. The molecule has 0 aromatic carbocycles. The lowest BCUT2D eigenvalue weighted by Gasteiger charge is -2.10. The Balaban J connectivity index is 2.57. The SMILES string of the molecule is Nc1cccnc1C(=O)NCC(O)C(F)F. The molecule has 88 valence electrons. The Labute approximate surface area is 90.3 Å². The summed E-state index contributed by atoms with van der Waals surface area (Å²) in [5.41, 5.74) is 5.55. The van der Waals surface area contributed by atoms with Crippen molar-refractivity contribution in [2.75, 3.05) is 12.3 Å². The molecule has 0 spiro atoms. The van der Waals surface area contributed by atoms with E-state index < -0.39 is 25.0 Å². The number of nitrogens with zero attached hydrogens (tertiary/aromatic N) is 1. The van der Waals surface area contributed by atoms with Gasteiger partial charge >= 0.3 is 0 Å². The molecule has 0 aliphatic carbocycles. The number of pyridine rings is 1. The van der Waals surface area contributed by atoms with Gasteiger partial charge in [-0.15, -0.1) is 0 Å². The van der Waals surface area contributed by atoms with Gasteiger partial charge in [-0.05, 0) is 12.1 Å². The summed E-state index contributed by atoms with van der Waals surface area (Å²) in [5.74, 6) is -0.696. The van der Waals surface area contributed by atoms with E-state index in [2.05, 4.69) is 10.3 Å². The van der Waals surface area contributed by atoms with E-state index >= 15 is 0 Å². The zero-order valence-corrected chi connectivity index (χ0v) is 8.23. The molecular formula is C9H11F2N3O2. The second-order valence-corrected chi connectivity index (χ2v) is 3.05. The third-order valence-corrected chi connectivity index (χ3v) is 1.82. The maximum atomic E-state index is 11.9. The van der Waals surface area contributed by atoms with E-state index in [1.165, 1.54) is 12.3 Å². The smallest absolute Gasteiger partial charge is 0.272 e. The minimum absolute atomic E-state index is 0.0519. The van der Waals surface area contributed by atoms with Crippen LogP contribution >= 0.6 is 0 Å². The highest BCUT2D eigenvalue weighted by atomic mass is 19.3. The highest BCUT2D eigenvalue weighted by molar-refractivity contribution is 5.96. The van der Waals surface area contributed by atoms with E-state index in [1.54, 1.807) is 6.07 Å². The molecule has 0 saturated heterocycles. The molecule has 1 unspecified atom stereocenters. The highest BCUT2D eigenvalue weighted by Gasteiger charge is 2.18. The van der Waals surface area contributed by atoms with Gasteiger partial charge in [0.05, 0.1) is 5.69 Å². The van der Waals surface area contributed by atoms with Gasteiger partial charge < -0.3 is 16.2 Å². The summed E-state index contributed by atoms with van der Waals surface area (Å²) in [6, 6.07) is 3.01. The number of nitrogens with one attached hydrogen (secondary N) is 1. The molecule has 1 atom stereocenters. The van der Waals surface area contributed by atoms with E-state index in [9.17, 15) is 13.6 Å². The lowest BCUT2D eigenvalue weighted by Crippen LogP contribution is -2.36. The lowest BCUT2D eigenvalue weighted by atomic mass is 10.3. The average Bonchev–Trinajstić information content (AvgIpc) is 2.25. The monoisotopic (exact) mass is 231 g/mol. The zero-order chi connectivity index (χ0) is 12.1. The Bertz CT molecular complexity index is 374. The molecule has 4 N–H and O–H groups in total. The first-order valence-corrected chi connectivity index (χ1v) is 4.47. The van der Waals surface area contributed by atoms with Crippen molar-refractivity contribution in [3.63, 3.8) is 0 Å². The minimum Gasteiger partial charge on any atom is -0.397 e. The Morgan fingerprint density at radius 3 is 2.88 bits per heavy atom. The Morgan fingerprint density at radius 1 is 1.62 bits per heavy atom. The first kappa shape index (κ1) is 12.3. The van der Waals surface area contributed by atoms with Gasteiger partial charge in [-0.2, -0.15) is 0 Å². The predicted octanol–water partition coefficient (Wildman–Crippen LogP) is 0.0196. The Morgan fingerprint density at radius 2 is 2.31 bits per heavy atom. The van der Waals surface area contributed by atoms with Crippen molar-refractivity contribution in [2.45, 2.75) is 12.5 Å². The molecule has 1 aromatic rings. The summed E-state index contributed by atoms with van der Waals surface area (Å²) in [6.45, 7) is -0.549. The van der Waals surface area contributed by atoms with Crippen molar-refractivity contribution >= 4 is 11.6 Å². The number of anilines is 1. The van der Waals surface area contributed by atoms with Crippen LogP contribution in [0.15, 0.2) is 18.3 Å². The molecular weight excluding hydrogens is 220 g/mol. The number of amides is 1. The molecule has 0 saturated carbocycles. The standard InChI is InChI=1S/C9H11F2N3O2/c10-8(11)6(15)4-14-9(16)7-5(12)2-1-3-13-7/h1-3,6,8,15H,4,12H2,(H,14,16). The first-order chi connectivity index (χ1) is 7.52. The van der Waals surface area contributed by atoms with Crippen LogP contribution in [0.4, 0.5) is 14.5 Å². The summed E-state index contributed by atoms with van der Waals surface area (Å²) in [4.78, 5) is 15.1. The van der Waals surface area contributed by atoms with E-state index in [1.807, 2.05) is 0 Å². The van der Waals surface area contributed by atoms with Crippen molar-refractivity contribution in [3.05, 3.63) is 24.0 Å². The second-order valence-electron chi connectivity index (χ2n) is 3.05. The van der Waals surface area contributed by atoms with Gasteiger partial charge in [-0.1, -0.05) is 0 Å². The normalized spacial score (nSPS) is 12.5. The number of hydrogen-bond donors (Lipinski definition) is 3. The lowest BCUT2D eigenvalue weighted by molar-refractivity contribution is -0.00272. The van der Waals surface area contributed by atoms with Crippen molar-refractivity contribution in [2.24, 2.45) is 0 Å². The van der Waals surface area contributed by atoms with Gasteiger partial charge in [0.15, 0.2) is 5.69 Å². The molecule has 1 rings (SSSR count). The summed E-state index contributed by atoms with van der Waals surface area (Å²) in [6.07, 6.45) is -3.44. The molecule has 16 heavy (non-hydrogen) atoms. The number of aliphatic hydroxyl groups is 1. The van der Waals surface area contributed by atoms with E-state index in [-0.39, 0.29) is 11.4 Å². The molecule has 1 amide bonds. The maximum Gasteiger partial charge on any atom is 0.272 e. The number of aliphatic hydroxyl groups excluding tert-OH is 1. The third-order valence-electron chi connectivity index (χ3n) is 1.82. The number of aromatic nitrogens is 1. The van der Waals surface area contributed by atoms with E-state index in [0.29, 0.717) is 0 Å². The summed E-state index contributed by atoms with van der Waals surface area (Å²) >= 11 is 0. The summed E-state index contributed by atoms with van der Waals surface area (Å²) < 4.78 is 23.8. The quantitative estimate of drug-likeness (QED) is 0.681. The topological polar surface area (TPSA) is 88.2 Å². The molecule has 0 fully saturated rings. The van der Waals surface area contributed by atoms with Gasteiger partial charge in [0.25, 0.3) is 12.3 Å². The minimum atomic E-state index is -2.90. The van der Waals surface area contributed by atoms with Crippen molar-refractivity contribution < 1.29 is 18.7 Å². The number of carbonyl (C=O) groups excluding carboxylic acids is 1.